The molecule has 1 aliphatic carbocycles. The van der Waals surface area contributed by atoms with Crippen LogP contribution < -0.4 is 10.6 Å². The van der Waals surface area contributed by atoms with Crippen LogP contribution in [0.5, 0.6) is 0 Å². The second-order valence-electron chi connectivity index (χ2n) is 11.4. The molecule has 2 saturated heterocycles. The van der Waals surface area contributed by atoms with Gasteiger partial charge in [-0.3, -0.25) is 4.79 Å². The van der Waals surface area contributed by atoms with Crippen molar-refractivity contribution in [2.45, 2.75) is 69.2 Å². The van der Waals surface area contributed by atoms with E-state index in [1.807, 2.05) is 31.2 Å². The zero-order valence-electron chi connectivity index (χ0n) is 23.2. The Hall–Kier alpha value is -3.05. The molecule has 0 spiro atoms. The van der Waals surface area contributed by atoms with E-state index in [4.69, 9.17) is 4.74 Å². The fraction of sp³-hybridized carbons (Fsp3) is 0.500. The summed E-state index contributed by atoms with van der Waals surface area (Å²) >= 11 is 0. The monoisotopic (exact) mass is 530 g/mol. The van der Waals surface area contributed by atoms with Gasteiger partial charge in [-0.05, 0) is 86.4 Å². The molecule has 3 unspecified atom stereocenters. The third-order valence-electron chi connectivity index (χ3n) is 9.17. The summed E-state index contributed by atoms with van der Waals surface area (Å²) in [6.07, 6.45) is 8.39. The number of fused-ring (bicyclic) bond motifs is 2. The Balaban J connectivity index is 1.34. The lowest BCUT2D eigenvalue weighted by Gasteiger charge is -2.40. The molecule has 39 heavy (non-hydrogen) atoms. The number of nitriles is 1. The average molecular weight is 531 g/mol. The van der Waals surface area contributed by atoms with Gasteiger partial charge in [0.05, 0.1) is 11.7 Å². The minimum absolute atomic E-state index is 0.250. The molecule has 0 aromatic heterocycles. The topological polar surface area (TPSA) is 77.4 Å². The molecule has 2 aliphatic heterocycles. The van der Waals surface area contributed by atoms with Crippen LogP contribution in [0, 0.1) is 23.1 Å². The van der Waals surface area contributed by atoms with E-state index in [1.165, 1.54) is 25.3 Å². The van der Waals surface area contributed by atoms with Crippen molar-refractivity contribution in [3.8, 4) is 17.2 Å². The van der Waals surface area contributed by atoms with Crippen LogP contribution in [-0.4, -0.2) is 56.6 Å². The summed E-state index contributed by atoms with van der Waals surface area (Å²) in [5, 5.41) is 16.9. The zero-order valence-corrected chi connectivity index (χ0v) is 23.2. The van der Waals surface area contributed by atoms with Crippen molar-refractivity contribution in [2.24, 2.45) is 5.92 Å². The van der Waals surface area contributed by atoms with Crippen LogP contribution in [0.25, 0.3) is 11.1 Å². The number of hydrogen-bond acceptors (Lipinski definition) is 6. The fourth-order valence-electron chi connectivity index (χ4n) is 6.80. The highest BCUT2D eigenvalue weighted by Gasteiger charge is 2.41. The maximum absolute atomic E-state index is 15.4. The van der Waals surface area contributed by atoms with Crippen molar-refractivity contribution in [2.75, 3.05) is 27.2 Å². The maximum atomic E-state index is 15.4. The molecule has 3 aliphatic rings. The van der Waals surface area contributed by atoms with Gasteiger partial charge in [-0.25, -0.2) is 4.39 Å². The van der Waals surface area contributed by atoms with Crippen LogP contribution in [0.4, 0.5) is 4.39 Å². The number of halogens is 1. The molecule has 2 N–H and O–H groups in total. The van der Waals surface area contributed by atoms with Crippen LogP contribution in [0.1, 0.15) is 60.5 Å². The minimum atomic E-state index is -0.541. The van der Waals surface area contributed by atoms with Gasteiger partial charge in [0.15, 0.2) is 0 Å². The summed E-state index contributed by atoms with van der Waals surface area (Å²) in [5.41, 5.74) is 4.03. The van der Waals surface area contributed by atoms with Gasteiger partial charge in [0.2, 0.25) is 0 Å². The quantitative estimate of drug-likeness (QED) is 0.447. The molecule has 6 nitrogen and oxygen atoms in total. The number of allylic oxidation sites excluding steroid dienone is 1. The fourth-order valence-corrected chi connectivity index (χ4v) is 6.80. The molecule has 206 valence electrons. The van der Waals surface area contributed by atoms with Crippen molar-refractivity contribution < 1.29 is 13.9 Å². The summed E-state index contributed by atoms with van der Waals surface area (Å²) < 4.78 is 21.4. The van der Waals surface area contributed by atoms with Gasteiger partial charge in [-0.2, -0.15) is 5.26 Å². The second kappa shape index (κ2) is 11.6. The average Bonchev–Trinajstić information content (AvgIpc) is 3.60. The highest BCUT2D eigenvalue weighted by Crippen LogP contribution is 2.40. The smallest absolute Gasteiger partial charge is 0.150 e. The Morgan fingerprint density at radius 3 is 2.59 bits per heavy atom. The van der Waals surface area contributed by atoms with Crippen LogP contribution in [-0.2, 0) is 16.8 Å². The lowest BCUT2D eigenvalue weighted by atomic mass is 9.80. The Labute approximate surface area is 231 Å². The SMILES string of the molecule is C/C=C(\N[C@H](C#N)Cc1ccc(-c2ccc(C=O)c(C3(OC)CCN(C)CC3)c2)cc1F)C1NC2CCC1C2. The van der Waals surface area contributed by atoms with E-state index in [9.17, 15) is 10.1 Å². The molecule has 3 fully saturated rings. The first-order valence-corrected chi connectivity index (χ1v) is 14.1. The largest absolute Gasteiger partial charge is 0.373 e. The maximum Gasteiger partial charge on any atom is 0.150 e. The summed E-state index contributed by atoms with van der Waals surface area (Å²) in [7, 11) is 3.79. The summed E-state index contributed by atoms with van der Waals surface area (Å²) in [6.45, 7) is 3.74. The predicted octanol–water partition coefficient (Wildman–Crippen LogP) is 4.94. The van der Waals surface area contributed by atoms with Crippen LogP contribution >= 0.6 is 0 Å². The lowest BCUT2D eigenvalue weighted by molar-refractivity contribution is -0.0587. The van der Waals surface area contributed by atoms with E-state index in [1.54, 1.807) is 19.2 Å². The van der Waals surface area contributed by atoms with E-state index in [2.05, 4.69) is 28.7 Å². The number of hydrogen-bond donors (Lipinski definition) is 2. The number of benzene rings is 2. The molecule has 2 bridgehead atoms. The molecular weight excluding hydrogens is 491 g/mol. The van der Waals surface area contributed by atoms with Crippen LogP contribution in [0.2, 0.25) is 0 Å². The molecule has 0 radical (unpaired) electrons. The Morgan fingerprint density at radius 2 is 2.00 bits per heavy atom. The van der Waals surface area contributed by atoms with E-state index in [0.29, 0.717) is 23.1 Å². The van der Waals surface area contributed by atoms with Gasteiger partial charge < -0.3 is 20.3 Å². The highest BCUT2D eigenvalue weighted by molar-refractivity contribution is 5.80. The summed E-state index contributed by atoms with van der Waals surface area (Å²) in [4.78, 5) is 14.2. The lowest BCUT2D eigenvalue weighted by Crippen LogP contribution is -2.44. The molecule has 1 saturated carbocycles. The summed E-state index contributed by atoms with van der Waals surface area (Å²) in [6, 6.07) is 13.5. The number of ether oxygens (including phenoxy) is 1. The molecule has 7 heteroatoms. The second-order valence-corrected chi connectivity index (χ2v) is 11.4. The number of nitrogens with one attached hydrogen (secondary N) is 2. The summed E-state index contributed by atoms with van der Waals surface area (Å²) in [5.74, 6) is 0.266. The van der Waals surface area contributed by atoms with Gasteiger partial charge in [-0.15, -0.1) is 0 Å². The van der Waals surface area contributed by atoms with E-state index in [0.717, 1.165) is 54.6 Å². The Morgan fingerprint density at radius 1 is 1.26 bits per heavy atom. The molecule has 2 heterocycles. The van der Waals surface area contributed by atoms with Gasteiger partial charge in [-0.1, -0.05) is 30.3 Å². The third kappa shape index (κ3) is 5.51. The van der Waals surface area contributed by atoms with Crippen LogP contribution in [0.15, 0.2) is 48.2 Å². The van der Waals surface area contributed by atoms with Gasteiger partial charge in [0, 0.05) is 50.0 Å². The number of carbonyl (C=O) groups is 1. The zero-order chi connectivity index (χ0) is 27.6. The number of likely N-dealkylation sites (tertiary alicyclic amines) is 1. The molecule has 5 rings (SSSR count). The van der Waals surface area contributed by atoms with Gasteiger partial charge >= 0.3 is 0 Å². The number of methoxy groups -OCH3 is 1. The normalized spacial score (nSPS) is 25.3. The number of nitrogens with zero attached hydrogens (tertiary/aromatic N) is 2. The number of rotatable bonds is 9. The van der Waals surface area contributed by atoms with Crippen molar-refractivity contribution in [1.82, 2.24) is 15.5 Å². The molecular formula is C32H39FN4O2. The minimum Gasteiger partial charge on any atom is -0.373 e. The van der Waals surface area contributed by atoms with Crippen molar-refractivity contribution in [3.63, 3.8) is 0 Å². The van der Waals surface area contributed by atoms with E-state index in [-0.39, 0.29) is 18.3 Å². The molecule has 0 amide bonds. The highest BCUT2D eigenvalue weighted by atomic mass is 19.1. The molecule has 2 aromatic rings. The van der Waals surface area contributed by atoms with Gasteiger partial charge in [0.25, 0.3) is 0 Å². The third-order valence-corrected chi connectivity index (χ3v) is 9.17. The number of carbonyl (C=O) groups excluding carboxylic acids is 1. The molecule has 4 atom stereocenters. The van der Waals surface area contributed by atoms with E-state index >= 15 is 4.39 Å². The number of aldehydes is 1. The van der Waals surface area contributed by atoms with Crippen molar-refractivity contribution in [3.05, 3.63) is 70.7 Å². The first-order valence-electron chi connectivity index (χ1n) is 14.1. The van der Waals surface area contributed by atoms with Crippen molar-refractivity contribution in [1.29, 1.82) is 5.26 Å². The first-order chi connectivity index (χ1) is 18.9. The van der Waals surface area contributed by atoms with Gasteiger partial charge in [0.1, 0.15) is 18.1 Å². The van der Waals surface area contributed by atoms with Crippen molar-refractivity contribution >= 4 is 6.29 Å². The van der Waals surface area contributed by atoms with E-state index < -0.39 is 11.6 Å². The Bertz CT molecular complexity index is 1280. The number of piperidine rings is 2. The molecule has 2 aromatic carbocycles. The first kappa shape index (κ1) is 27.5. The standard InChI is InChI=1S/C32H39FN4O2/c1-4-30(31-24-9-10-26(16-24)36-31)35-27(19-34)15-23-7-5-22(18-29(23)33)21-6-8-25(20-38)28(17-21)32(39-3)11-13-37(2)14-12-32/h4-8,17-18,20,24,26-27,31,35-36H,9-16H2,1-3H3/b30-4-/t24?,26?,27-,31?/m0/s1. The predicted molar refractivity (Wildman–Crippen MR) is 151 cm³/mol. The van der Waals surface area contributed by atoms with Crippen LogP contribution in [0.3, 0.4) is 0 Å². The Kier molecular flexibility index (Phi) is 8.18.